The Bertz CT molecular complexity index is 296. The van der Waals surface area contributed by atoms with Crippen molar-refractivity contribution < 1.29 is 0 Å². The fourth-order valence-electron chi connectivity index (χ4n) is 1.31. The molecule has 3 heteroatoms. The number of H-pyrrole nitrogens is 1. The minimum absolute atomic E-state index is 0.115. The van der Waals surface area contributed by atoms with Crippen LogP contribution in [0.3, 0.4) is 0 Å². The lowest BCUT2D eigenvalue weighted by Crippen LogP contribution is -2.14. The standard InChI is InChI=1S/C8H14N2O/c1-4-6-7(5-2)9-10(3)8(6)11/h9H,4-5H2,1-3H3. The largest absolute Gasteiger partial charge is 0.300 e. The van der Waals surface area contributed by atoms with Gasteiger partial charge in [0.15, 0.2) is 0 Å². The van der Waals surface area contributed by atoms with E-state index >= 15 is 0 Å². The van der Waals surface area contributed by atoms with Crippen LogP contribution in [0.5, 0.6) is 0 Å². The maximum Gasteiger partial charge on any atom is 0.269 e. The molecule has 1 N–H and O–H groups in total. The Balaban J connectivity index is 3.27. The molecule has 0 unspecified atom stereocenters. The molecule has 62 valence electrons. The van der Waals surface area contributed by atoms with E-state index in [1.165, 1.54) is 4.68 Å². The smallest absolute Gasteiger partial charge is 0.269 e. The lowest BCUT2D eigenvalue weighted by Gasteiger charge is -1.91. The van der Waals surface area contributed by atoms with Crippen LogP contribution in [0.1, 0.15) is 25.1 Å². The van der Waals surface area contributed by atoms with Gasteiger partial charge < -0.3 is 0 Å². The van der Waals surface area contributed by atoms with E-state index in [1.807, 2.05) is 13.8 Å². The summed E-state index contributed by atoms with van der Waals surface area (Å²) in [5.74, 6) is 0. The Labute approximate surface area is 66.0 Å². The quantitative estimate of drug-likeness (QED) is 0.673. The highest BCUT2D eigenvalue weighted by Gasteiger charge is 2.07. The molecular weight excluding hydrogens is 140 g/mol. The van der Waals surface area contributed by atoms with Crippen molar-refractivity contribution in [3.63, 3.8) is 0 Å². The van der Waals surface area contributed by atoms with Gasteiger partial charge in [0.05, 0.1) is 0 Å². The molecule has 1 aromatic rings. The summed E-state index contributed by atoms with van der Waals surface area (Å²) in [6, 6.07) is 0. The fourth-order valence-corrected chi connectivity index (χ4v) is 1.31. The summed E-state index contributed by atoms with van der Waals surface area (Å²) in [5, 5.41) is 3.02. The molecule has 0 saturated heterocycles. The molecule has 0 aromatic carbocycles. The summed E-state index contributed by atoms with van der Waals surface area (Å²) in [4.78, 5) is 11.3. The monoisotopic (exact) mass is 154 g/mol. The third-order valence-corrected chi connectivity index (χ3v) is 1.94. The second-order valence-corrected chi connectivity index (χ2v) is 2.64. The molecule has 0 saturated carbocycles. The van der Waals surface area contributed by atoms with Crippen LogP contribution in [0.4, 0.5) is 0 Å². The van der Waals surface area contributed by atoms with Crippen molar-refractivity contribution in [1.29, 1.82) is 0 Å². The maximum absolute atomic E-state index is 11.3. The molecule has 0 spiro atoms. The van der Waals surface area contributed by atoms with E-state index in [-0.39, 0.29) is 5.56 Å². The summed E-state index contributed by atoms with van der Waals surface area (Å²) >= 11 is 0. The van der Waals surface area contributed by atoms with Crippen molar-refractivity contribution >= 4 is 0 Å². The zero-order chi connectivity index (χ0) is 8.43. The zero-order valence-electron chi connectivity index (χ0n) is 7.27. The van der Waals surface area contributed by atoms with Gasteiger partial charge in [-0.25, -0.2) is 0 Å². The summed E-state index contributed by atoms with van der Waals surface area (Å²) < 4.78 is 1.54. The average Bonchev–Trinajstić information content (AvgIpc) is 2.28. The number of hydrogen-bond donors (Lipinski definition) is 1. The SMILES string of the molecule is CCc1[nH]n(C)c(=O)c1CC. The topological polar surface area (TPSA) is 37.8 Å². The van der Waals surface area contributed by atoms with E-state index in [9.17, 15) is 4.79 Å². The highest BCUT2D eigenvalue weighted by molar-refractivity contribution is 5.16. The number of aromatic nitrogens is 2. The van der Waals surface area contributed by atoms with E-state index < -0.39 is 0 Å². The zero-order valence-corrected chi connectivity index (χ0v) is 7.27. The van der Waals surface area contributed by atoms with Crippen molar-refractivity contribution in [3.05, 3.63) is 21.6 Å². The first-order valence-electron chi connectivity index (χ1n) is 3.97. The van der Waals surface area contributed by atoms with E-state index in [4.69, 9.17) is 0 Å². The Morgan fingerprint density at radius 1 is 1.36 bits per heavy atom. The Kier molecular flexibility index (Phi) is 2.17. The number of aryl methyl sites for hydroxylation is 2. The number of nitrogens with one attached hydrogen (secondary N) is 1. The van der Waals surface area contributed by atoms with Crippen molar-refractivity contribution in [1.82, 2.24) is 9.78 Å². The number of hydrogen-bond acceptors (Lipinski definition) is 1. The molecule has 0 bridgehead atoms. The number of nitrogens with zero attached hydrogens (tertiary/aromatic N) is 1. The lowest BCUT2D eigenvalue weighted by molar-refractivity contribution is 0.722. The van der Waals surface area contributed by atoms with Crippen LogP contribution >= 0.6 is 0 Å². The van der Waals surface area contributed by atoms with Gasteiger partial charge in [0, 0.05) is 18.3 Å². The van der Waals surface area contributed by atoms with E-state index in [0.717, 1.165) is 24.1 Å². The van der Waals surface area contributed by atoms with Crippen LogP contribution in [0, 0.1) is 0 Å². The summed E-state index contributed by atoms with van der Waals surface area (Å²) in [7, 11) is 1.75. The predicted octanol–water partition coefficient (Wildman–Crippen LogP) is 0.838. The van der Waals surface area contributed by atoms with E-state index in [1.54, 1.807) is 7.05 Å². The van der Waals surface area contributed by atoms with Gasteiger partial charge in [-0.05, 0) is 12.8 Å². The van der Waals surface area contributed by atoms with E-state index in [0.29, 0.717) is 0 Å². The van der Waals surface area contributed by atoms with Crippen LogP contribution < -0.4 is 5.56 Å². The second kappa shape index (κ2) is 2.95. The van der Waals surface area contributed by atoms with Crippen LogP contribution in [0.15, 0.2) is 4.79 Å². The first-order chi connectivity index (χ1) is 5.20. The second-order valence-electron chi connectivity index (χ2n) is 2.64. The highest BCUT2D eigenvalue weighted by Crippen LogP contribution is 2.01. The maximum atomic E-state index is 11.3. The highest BCUT2D eigenvalue weighted by atomic mass is 16.1. The van der Waals surface area contributed by atoms with Gasteiger partial charge in [0.2, 0.25) is 0 Å². The molecular formula is C8H14N2O. The van der Waals surface area contributed by atoms with Crippen LogP contribution in [0.2, 0.25) is 0 Å². The molecule has 0 amide bonds. The third-order valence-electron chi connectivity index (χ3n) is 1.94. The van der Waals surface area contributed by atoms with Crippen molar-refractivity contribution in [2.24, 2.45) is 7.05 Å². The van der Waals surface area contributed by atoms with E-state index in [2.05, 4.69) is 5.10 Å². The average molecular weight is 154 g/mol. The summed E-state index contributed by atoms with van der Waals surface area (Å²) in [6.45, 7) is 4.05. The van der Waals surface area contributed by atoms with Gasteiger partial charge in [-0.15, -0.1) is 0 Å². The van der Waals surface area contributed by atoms with Gasteiger partial charge in [0.1, 0.15) is 0 Å². The fraction of sp³-hybridized carbons (Fsp3) is 0.625. The summed E-state index contributed by atoms with van der Waals surface area (Å²) in [6.07, 6.45) is 1.72. The Morgan fingerprint density at radius 2 is 2.00 bits per heavy atom. The normalized spacial score (nSPS) is 10.5. The van der Waals surface area contributed by atoms with Crippen molar-refractivity contribution in [3.8, 4) is 0 Å². The van der Waals surface area contributed by atoms with Gasteiger partial charge in [-0.2, -0.15) is 0 Å². The van der Waals surface area contributed by atoms with Crippen molar-refractivity contribution in [2.45, 2.75) is 26.7 Å². The van der Waals surface area contributed by atoms with Crippen LogP contribution in [0.25, 0.3) is 0 Å². The molecule has 11 heavy (non-hydrogen) atoms. The number of aromatic amines is 1. The molecule has 0 aliphatic heterocycles. The van der Waals surface area contributed by atoms with Gasteiger partial charge >= 0.3 is 0 Å². The van der Waals surface area contributed by atoms with Gasteiger partial charge in [-0.1, -0.05) is 13.8 Å². The molecule has 0 aliphatic carbocycles. The first-order valence-corrected chi connectivity index (χ1v) is 3.97. The molecule has 1 aromatic heterocycles. The van der Waals surface area contributed by atoms with Crippen LogP contribution in [-0.2, 0) is 19.9 Å². The summed E-state index contributed by atoms with van der Waals surface area (Å²) in [5.41, 5.74) is 2.11. The Hall–Kier alpha value is -0.990. The minimum Gasteiger partial charge on any atom is -0.300 e. The molecule has 1 rings (SSSR count). The predicted molar refractivity (Wildman–Crippen MR) is 44.8 cm³/mol. The lowest BCUT2D eigenvalue weighted by atomic mass is 10.2. The van der Waals surface area contributed by atoms with Gasteiger partial charge in [-0.3, -0.25) is 14.6 Å². The minimum atomic E-state index is 0.115. The third kappa shape index (κ3) is 1.23. The molecule has 0 aliphatic rings. The van der Waals surface area contributed by atoms with Crippen LogP contribution in [-0.4, -0.2) is 9.78 Å². The molecule has 0 radical (unpaired) electrons. The number of rotatable bonds is 2. The first kappa shape index (κ1) is 8.11. The van der Waals surface area contributed by atoms with Gasteiger partial charge in [0.25, 0.3) is 5.56 Å². The Morgan fingerprint density at radius 3 is 2.36 bits per heavy atom. The molecule has 1 heterocycles. The molecule has 3 nitrogen and oxygen atoms in total. The molecule has 0 fully saturated rings. The molecule has 0 atom stereocenters. The van der Waals surface area contributed by atoms with Crippen molar-refractivity contribution in [2.75, 3.05) is 0 Å².